The molecule has 2 aliphatic rings. The van der Waals surface area contributed by atoms with E-state index in [1.807, 2.05) is 0 Å². The van der Waals surface area contributed by atoms with Gasteiger partial charge in [0.2, 0.25) is 5.13 Å². The third kappa shape index (κ3) is 4.61. The summed E-state index contributed by atoms with van der Waals surface area (Å²) in [5.74, 6) is -1.75. The van der Waals surface area contributed by atoms with E-state index in [0.29, 0.717) is 26.6 Å². The number of carboxylic acids is 1. The maximum absolute atomic E-state index is 12.8. The topological polar surface area (TPSA) is 199 Å². The number of aliphatic carboxylic acids is 1. The number of thioether (sulfide) groups is 2. The lowest BCUT2D eigenvalue weighted by atomic mass is 10.0. The van der Waals surface area contributed by atoms with Crippen LogP contribution in [0.4, 0.5) is 10.3 Å². The molecular formula is C16H16N8O5S4. The van der Waals surface area contributed by atoms with Crippen molar-refractivity contribution in [1.82, 2.24) is 25.4 Å². The van der Waals surface area contributed by atoms with Crippen LogP contribution in [0.15, 0.2) is 26.1 Å². The average Bonchev–Trinajstić information content (AvgIpc) is 3.40. The summed E-state index contributed by atoms with van der Waals surface area (Å²) in [6.45, 7) is 0. The van der Waals surface area contributed by atoms with E-state index >= 15 is 0 Å². The molecule has 2 amide bonds. The van der Waals surface area contributed by atoms with Gasteiger partial charge in [0.25, 0.3) is 11.8 Å². The molecule has 0 saturated carbocycles. The molecule has 4 heterocycles. The Morgan fingerprint density at radius 1 is 1.39 bits per heavy atom. The Balaban J connectivity index is 1.49. The van der Waals surface area contributed by atoms with Crippen molar-refractivity contribution in [2.75, 3.05) is 30.1 Å². The van der Waals surface area contributed by atoms with Crippen LogP contribution in [0.3, 0.4) is 0 Å². The Labute approximate surface area is 202 Å². The number of carbonyl (C=O) groups is 3. The third-order valence-electron chi connectivity index (χ3n) is 4.49. The van der Waals surface area contributed by atoms with E-state index in [-0.39, 0.29) is 22.2 Å². The van der Waals surface area contributed by atoms with Crippen molar-refractivity contribution in [1.29, 1.82) is 0 Å². The van der Waals surface area contributed by atoms with Gasteiger partial charge in [-0.25, -0.2) is 9.78 Å². The van der Waals surface area contributed by atoms with E-state index < -0.39 is 29.2 Å². The number of carboxylic acid groups (broad SMARTS) is 1. The maximum atomic E-state index is 12.8. The Kier molecular flexibility index (Phi) is 6.73. The summed E-state index contributed by atoms with van der Waals surface area (Å²) >= 11 is 4.97. The zero-order valence-electron chi connectivity index (χ0n) is 16.8. The van der Waals surface area contributed by atoms with E-state index in [1.165, 1.54) is 52.3 Å². The molecule has 13 nitrogen and oxygen atoms in total. The fourth-order valence-electron chi connectivity index (χ4n) is 3.12. The molecule has 0 radical (unpaired) electrons. The van der Waals surface area contributed by atoms with E-state index in [9.17, 15) is 19.5 Å². The zero-order chi connectivity index (χ0) is 23.7. The van der Waals surface area contributed by atoms with E-state index in [1.54, 1.807) is 0 Å². The number of β-lactam (4-membered cyclic amide) rings is 1. The molecule has 0 spiro atoms. The third-order valence-corrected chi connectivity index (χ3v) is 8.48. The van der Waals surface area contributed by atoms with Gasteiger partial charge < -0.3 is 26.7 Å². The lowest BCUT2D eigenvalue weighted by molar-refractivity contribution is -0.150. The highest BCUT2D eigenvalue weighted by atomic mass is 32.2. The molecule has 174 valence electrons. The van der Waals surface area contributed by atoms with Crippen LogP contribution in [0.1, 0.15) is 5.69 Å². The fourth-order valence-corrected chi connectivity index (χ4v) is 6.79. The van der Waals surface area contributed by atoms with Crippen LogP contribution >= 0.6 is 46.2 Å². The zero-order valence-corrected chi connectivity index (χ0v) is 20.0. The van der Waals surface area contributed by atoms with Gasteiger partial charge in [-0.05, 0) is 5.57 Å². The smallest absolute Gasteiger partial charge is 0.352 e. The molecule has 2 aromatic rings. The molecule has 0 aliphatic carbocycles. The average molecular weight is 529 g/mol. The SMILES string of the molecule is CON=C(C(=O)NC1C(=O)N2C(C(=O)O)=C(CSc3nnc(N)s3)CS[C@@H]12)c1csc(N)n1. The van der Waals surface area contributed by atoms with Crippen molar-refractivity contribution in [2.24, 2.45) is 5.16 Å². The standard InChI is InChI=1S/C16H16N8O5S4/c1-29-23-7(6-4-31-14(17)19-6)10(25)20-8-11(26)24-9(13(27)28)5(2-30-12(8)24)3-32-16-22-21-15(18)33-16/h4,8,12H,2-3H2,1H3,(H2,17,19)(H2,18,21)(H,20,25)(H,27,28)/t8?,12-/m0/s1. The van der Waals surface area contributed by atoms with Crippen molar-refractivity contribution in [3.05, 3.63) is 22.3 Å². The van der Waals surface area contributed by atoms with Crippen molar-refractivity contribution in [2.45, 2.75) is 15.8 Å². The highest BCUT2D eigenvalue weighted by molar-refractivity contribution is 8.01. The summed E-state index contributed by atoms with van der Waals surface area (Å²) in [5.41, 5.74) is 11.7. The molecule has 33 heavy (non-hydrogen) atoms. The number of fused-ring (bicyclic) bond motifs is 1. The van der Waals surface area contributed by atoms with Crippen molar-refractivity contribution < 1.29 is 24.3 Å². The predicted molar refractivity (Wildman–Crippen MR) is 125 cm³/mol. The van der Waals surface area contributed by atoms with Crippen LogP contribution in [0.2, 0.25) is 0 Å². The first-order valence-electron chi connectivity index (χ1n) is 9.05. The summed E-state index contributed by atoms with van der Waals surface area (Å²) in [6.07, 6.45) is 0. The van der Waals surface area contributed by atoms with Gasteiger partial charge >= 0.3 is 5.97 Å². The van der Waals surface area contributed by atoms with E-state index in [4.69, 9.17) is 16.3 Å². The predicted octanol–water partition coefficient (Wildman–Crippen LogP) is 0.0404. The maximum Gasteiger partial charge on any atom is 0.352 e. The first-order chi connectivity index (χ1) is 15.8. The Hall–Kier alpha value is -2.89. The Morgan fingerprint density at radius 2 is 2.18 bits per heavy atom. The number of rotatable bonds is 8. The number of oxime groups is 1. The van der Waals surface area contributed by atoms with Gasteiger partial charge in [0.05, 0.1) is 0 Å². The summed E-state index contributed by atoms with van der Waals surface area (Å²) in [6, 6.07) is -0.924. The highest BCUT2D eigenvalue weighted by Gasteiger charge is 2.54. The van der Waals surface area contributed by atoms with Crippen LogP contribution in [0.25, 0.3) is 0 Å². The summed E-state index contributed by atoms with van der Waals surface area (Å²) in [5, 5.41) is 25.2. The number of carbonyl (C=O) groups excluding carboxylic acids is 2. The van der Waals surface area contributed by atoms with Crippen molar-refractivity contribution >= 4 is 80.0 Å². The van der Waals surface area contributed by atoms with E-state index in [2.05, 4.69) is 25.7 Å². The monoisotopic (exact) mass is 528 g/mol. The van der Waals surface area contributed by atoms with Gasteiger partial charge in [-0.15, -0.1) is 33.3 Å². The van der Waals surface area contributed by atoms with Gasteiger partial charge in [0.1, 0.15) is 29.9 Å². The largest absolute Gasteiger partial charge is 0.477 e. The molecular weight excluding hydrogens is 512 g/mol. The second-order valence-corrected chi connectivity index (χ2v) is 10.7. The number of hydrogen-bond acceptors (Lipinski definition) is 14. The van der Waals surface area contributed by atoms with Gasteiger partial charge in [0.15, 0.2) is 15.2 Å². The molecule has 2 atom stereocenters. The second-order valence-electron chi connectivity index (χ2n) is 6.51. The van der Waals surface area contributed by atoms with Gasteiger partial charge in [-0.1, -0.05) is 28.3 Å². The number of hydrogen-bond donors (Lipinski definition) is 4. The lowest BCUT2D eigenvalue weighted by Gasteiger charge is -2.49. The molecule has 0 bridgehead atoms. The van der Waals surface area contributed by atoms with Crippen LogP contribution in [-0.4, -0.2) is 78.7 Å². The minimum atomic E-state index is -1.22. The summed E-state index contributed by atoms with van der Waals surface area (Å²) in [7, 11) is 1.27. The number of anilines is 2. The number of thiazole rings is 1. The minimum absolute atomic E-state index is 0.0858. The highest BCUT2D eigenvalue weighted by Crippen LogP contribution is 2.41. The number of nitrogen functional groups attached to an aromatic ring is 2. The van der Waals surface area contributed by atoms with Crippen LogP contribution in [0.5, 0.6) is 0 Å². The van der Waals surface area contributed by atoms with Crippen molar-refractivity contribution in [3.8, 4) is 0 Å². The number of nitrogens with one attached hydrogen (secondary N) is 1. The molecule has 1 saturated heterocycles. The number of aromatic nitrogens is 3. The van der Waals surface area contributed by atoms with Crippen LogP contribution in [-0.2, 0) is 19.2 Å². The minimum Gasteiger partial charge on any atom is -0.477 e. The number of amides is 2. The molecule has 2 aliphatic heterocycles. The number of nitrogens with two attached hydrogens (primary N) is 2. The van der Waals surface area contributed by atoms with Crippen molar-refractivity contribution in [3.63, 3.8) is 0 Å². The first-order valence-corrected chi connectivity index (χ1v) is 12.8. The molecule has 6 N–H and O–H groups in total. The summed E-state index contributed by atoms with van der Waals surface area (Å²) in [4.78, 5) is 47.5. The Morgan fingerprint density at radius 3 is 2.79 bits per heavy atom. The second kappa shape index (κ2) is 9.54. The molecule has 1 unspecified atom stereocenters. The summed E-state index contributed by atoms with van der Waals surface area (Å²) < 4.78 is 0.601. The van der Waals surface area contributed by atoms with Crippen LogP contribution in [0, 0.1) is 0 Å². The lowest BCUT2D eigenvalue weighted by Crippen LogP contribution is -2.71. The molecule has 17 heteroatoms. The molecule has 4 rings (SSSR count). The molecule has 0 aromatic carbocycles. The quantitative estimate of drug-likeness (QED) is 0.155. The normalized spacial score (nSPS) is 20.3. The van der Waals surface area contributed by atoms with E-state index in [0.717, 1.165) is 11.3 Å². The fraction of sp³-hybridized carbons (Fsp3) is 0.312. The Bertz CT molecular complexity index is 1180. The molecule has 2 aromatic heterocycles. The van der Waals surface area contributed by atoms with Gasteiger partial charge in [-0.2, -0.15) is 0 Å². The van der Waals surface area contributed by atoms with Gasteiger partial charge in [0, 0.05) is 16.9 Å². The number of nitrogens with zero attached hydrogens (tertiary/aromatic N) is 5. The first kappa shape index (κ1) is 23.3. The van der Waals surface area contributed by atoms with Crippen LogP contribution < -0.4 is 16.8 Å². The van der Waals surface area contributed by atoms with Gasteiger partial charge in [-0.3, -0.25) is 14.5 Å². The molecule has 1 fully saturated rings.